The van der Waals surface area contributed by atoms with E-state index in [0.29, 0.717) is 0 Å². The van der Waals surface area contributed by atoms with Crippen molar-refractivity contribution in [3.8, 4) is 0 Å². The molecule has 0 spiro atoms. The highest BCUT2D eigenvalue weighted by Gasteiger charge is 2.07. The molecule has 0 aliphatic heterocycles. The van der Waals surface area contributed by atoms with Gasteiger partial charge < -0.3 is 5.73 Å². The van der Waals surface area contributed by atoms with Crippen LogP contribution in [0.1, 0.15) is 29.2 Å². The van der Waals surface area contributed by atoms with E-state index in [-0.39, 0.29) is 6.04 Å². The van der Waals surface area contributed by atoms with Crippen molar-refractivity contribution >= 4 is 0 Å². The summed E-state index contributed by atoms with van der Waals surface area (Å²) in [5, 5.41) is 4.16. The topological polar surface area (TPSA) is 43.8 Å². The highest BCUT2D eigenvalue weighted by molar-refractivity contribution is 5.25. The van der Waals surface area contributed by atoms with Gasteiger partial charge in [-0.05, 0) is 30.9 Å². The van der Waals surface area contributed by atoms with Gasteiger partial charge in [-0.1, -0.05) is 29.8 Å². The van der Waals surface area contributed by atoms with E-state index in [2.05, 4.69) is 36.3 Å². The summed E-state index contributed by atoms with van der Waals surface area (Å²) in [5.41, 5.74) is 9.92. The van der Waals surface area contributed by atoms with Gasteiger partial charge in [0.2, 0.25) is 0 Å². The van der Waals surface area contributed by atoms with Crippen LogP contribution in [0.3, 0.4) is 0 Å². The van der Waals surface area contributed by atoms with Crippen LogP contribution in [0, 0.1) is 6.92 Å². The molecule has 0 bridgehead atoms. The first kappa shape index (κ1) is 11.9. The molecule has 90 valence electrons. The summed E-state index contributed by atoms with van der Waals surface area (Å²) in [6.45, 7) is 2.09. The lowest BCUT2D eigenvalue weighted by molar-refractivity contribution is 0.650. The first-order valence-corrected chi connectivity index (χ1v) is 5.95. The Kier molecular flexibility index (Phi) is 3.59. The fourth-order valence-electron chi connectivity index (χ4n) is 1.99. The molecule has 0 radical (unpaired) electrons. The fraction of sp³-hybridized carbons (Fsp3) is 0.357. The van der Waals surface area contributed by atoms with E-state index in [1.165, 1.54) is 16.7 Å². The third-order valence-electron chi connectivity index (χ3n) is 2.97. The minimum atomic E-state index is 0.107. The van der Waals surface area contributed by atoms with E-state index < -0.39 is 0 Å². The smallest absolute Gasteiger partial charge is 0.0521 e. The van der Waals surface area contributed by atoms with Crippen LogP contribution in [0.5, 0.6) is 0 Å². The number of hydrogen-bond donors (Lipinski definition) is 1. The molecule has 1 heterocycles. The molecule has 3 heteroatoms. The Labute approximate surface area is 102 Å². The number of nitrogens with two attached hydrogens (primary N) is 1. The van der Waals surface area contributed by atoms with Crippen molar-refractivity contribution in [2.75, 3.05) is 0 Å². The summed E-state index contributed by atoms with van der Waals surface area (Å²) < 4.78 is 1.83. The van der Waals surface area contributed by atoms with Gasteiger partial charge in [0.25, 0.3) is 0 Å². The van der Waals surface area contributed by atoms with Gasteiger partial charge in [-0.2, -0.15) is 5.10 Å². The maximum absolute atomic E-state index is 6.19. The van der Waals surface area contributed by atoms with Crippen LogP contribution in [0.25, 0.3) is 0 Å². The summed E-state index contributed by atoms with van der Waals surface area (Å²) >= 11 is 0. The number of hydrogen-bond acceptors (Lipinski definition) is 2. The van der Waals surface area contributed by atoms with Crippen LogP contribution < -0.4 is 5.73 Å². The van der Waals surface area contributed by atoms with Crippen LogP contribution in [0.2, 0.25) is 0 Å². The first-order valence-electron chi connectivity index (χ1n) is 5.95. The molecular weight excluding hydrogens is 210 g/mol. The number of rotatable bonds is 4. The van der Waals surface area contributed by atoms with Crippen molar-refractivity contribution in [3.63, 3.8) is 0 Å². The molecule has 0 aliphatic rings. The summed E-state index contributed by atoms with van der Waals surface area (Å²) in [6.07, 6.45) is 5.88. The van der Waals surface area contributed by atoms with Gasteiger partial charge in [-0.25, -0.2) is 0 Å². The molecule has 0 fully saturated rings. The fourth-order valence-corrected chi connectivity index (χ4v) is 1.99. The van der Waals surface area contributed by atoms with E-state index in [1.807, 2.05) is 24.1 Å². The van der Waals surface area contributed by atoms with E-state index in [0.717, 1.165) is 12.8 Å². The van der Waals surface area contributed by atoms with Crippen molar-refractivity contribution in [1.29, 1.82) is 0 Å². The Hall–Kier alpha value is -1.61. The molecule has 17 heavy (non-hydrogen) atoms. The molecule has 0 saturated carbocycles. The molecule has 0 amide bonds. The zero-order valence-corrected chi connectivity index (χ0v) is 10.4. The summed E-state index contributed by atoms with van der Waals surface area (Å²) in [7, 11) is 1.93. The lowest BCUT2D eigenvalue weighted by Crippen LogP contribution is -2.11. The SMILES string of the molecule is Cc1cccc(C(N)CCc2cnn(C)c2)c1. The zero-order chi connectivity index (χ0) is 12.3. The van der Waals surface area contributed by atoms with Crippen LogP contribution in [-0.4, -0.2) is 9.78 Å². The van der Waals surface area contributed by atoms with Crippen molar-refractivity contribution in [3.05, 3.63) is 53.3 Å². The van der Waals surface area contributed by atoms with Crippen molar-refractivity contribution in [2.24, 2.45) is 12.8 Å². The Morgan fingerprint density at radius 2 is 2.24 bits per heavy atom. The van der Waals surface area contributed by atoms with E-state index >= 15 is 0 Å². The number of aryl methyl sites for hydroxylation is 3. The summed E-state index contributed by atoms with van der Waals surface area (Å²) in [4.78, 5) is 0. The minimum Gasteiger partial charge on any atom is -0.324 e. The van der Waals surface area contributed by atoms with E-state index in [4.69, 9.17) is 5.73 Å². The normalized spacial score (nSPS) is 12.6. The Balaban J connectivity index is 1.95. The van der Waals surface area contributed by atoms with Crippen molar-refractivity contribution in [2.45, 2.75) is 25.8 Å². The van der Waals surface area contributed by atoms with Crippen LogP contribution in [0.15, 0.2) is 36.7 Å². The second-order valence-electron chi connectivity index (χ2n) is 4.58. The number of nitrogens with zero attached hydrogens (tertiary/aromatic N) is 2. The predicted molar refractivity (Wildman–Crippen MR) is 69.6 cm³/mol. The minimum absolute atomic E-state index is 0.107. The molecule has 1 aromatic carbocycles. The maximum atomic E-state index is 6.19. The molecule has 0 aliphatic carbocycles. The highest BCUT2D eigenvalue weighted by atomic mass is 15.2. The maximum Gasteiger partial charge on any atom is 0.0521 e. The quantitative estimate of drug-likeness (QED) is 0.874. The average Bonchev–Trinajstić information content (AvgIpc) is 2.72. The van der Waals surface area contributed by atoms with Gasteiger partial charge in [0.1, 0.15) is 0 Å². The lowest BCUT2D eigenvalue weighted by Gasteiger charge is -2.11. The summed E-state index contributed by atoms with van der Waals surface area (Å²) in [5.74, 6) is 0. The third-order valence-corrected chi connectivity index (χ3v) is 2.97. The van der Waals surface area contributed by atoms with Crippen LogP contribution in [0.4, 0.5) is 0 Å². The molecular formula is C14H19N3. The molecule has 2 N–H and O–H groups in total. The average molecular weight is 229 g/mol. The van der Waals surface area contributed by atoms with Gasteiger partial charge in [0, 0.05) is 19.3 Å². The lowest BCUT2D eigenvalue weighted by atomic mass is 10.00. The molecule has 1 unspecified atom stereocenters. The van der Waals surface area contributed by atoms with Crippen molar-refractivity contribution < 1.29 is 0 Å². The van der Waals surface area contributed by atoms with Gasteiger partial charge in [0.05, 0.1) is 6.20 Å². The van der Waals surface area contributed by atoms with Crippen molar-refractivity contribution in [1.82, 2.24) is 9.78 Å². The first-order chi connectivity index (χ1) is 8.15. The standard InChI is InChI=1S/C14H19N3/c1-11-4-3-5-13(8-11)14(15)7-6-12-9-16-17(2)10-12/h3-5,8-10,14H,6-7,15H2,1-2H3. The second-order valence-corrected chi connectivity index (χ2v) is 4.58. The molecule has 3 nitrogen and oxygen atoms in total. The third kappa shape index (κ3) is 3.17. The Bertz CT molecular complexity index is 488. The summed E-state index contributed by atoms with van der Waals surface area (Å²) in [6, 6.07) is 8.52. The number of aromatic nitrogens is 2. The second kappa shape index (κ2) is 5.15. The Morgan fingerprint density at radius 3 is 2.88 bits per heavy atom. The molecule has 2 aromatic rings. The monoisotopic (exact) mass is 229 g/mol. The van der Waals surface area contributed by atoms with E-state index in [1.54, 1.807) is 0 Å². The predicted octanol–water partition coefficient (Wildman–Crippen LogP) is 2.36. The molecule has 1 aromatic heterocycles. The number of benzene rings is 1. The van der Waals surface area contributed by atoms with E-state index in [9.17, 15) is 0 Å². The van der Waals surface area contributed by atoms with Crippen LogP contribution >= 0.6 is 0 Å². The highest BCUT2D eigenvalue weighted by Crippen LogP contribution is 2.17. The Morgan fingerprint density at radius 1 is 1.41 bits per heavy atom. The van der Waals surface area contributed by atoms with Gasteiger partial charge in [-0.3, -0.25) is 4.68 Å². The van der Waals surface area contributed by atoms with Gasteiger partial charge in [0.15, 0.2) is 0 Å². The van der Waals surface area contributed by atoms with Crippen LogP contribution in [-0.2, 0) is 13.5 Å². The molecule has 2 rings (SSSR count). The van der Waals surface area contributed by atoms with Gasteiger partial charge in [-0.15, -0.1) is 0 Å². The molecule has 1 atom stereocenters. The van der Waals surface area contributed by atoms with Gasteiger partial charge >= 0.3 is 0 Å². The molecule has 0 saturated heterocycles. The largest absolute Gasteiger partial charge is 0.324 e. The zero-order valence-electron chi connectivity index (χ0n) is 10.4.